The quantitative estimate of drug-likeness (QED) is 0.271. The van der Waals surface area contributed by atoms with E-state index in [4.69, 9.17) is 14.2 Å². The van der Waals surface area contributed by atoms with Crippen molar-refractivity contribution < 1.29 is 18.6 Å². The van der Waals surface area contributed by atoms with Gasteiger partial charge in [0.25, 0.3) is 0 Å². The lowest BCUT2D eigenvalue weighted by Gasteiger charge is -2.19. The van der Waals surface area contributed by atoms with Gasteiger partial charge in [-0.1, -0.05) is 12.1 Å². The fourth-order valence-corrected chi connectivity index (χ4v) is 2.99. The summed E-state index contributed by atoms with van der Waals surface area (Å²) in [6, 6.07) is 10.4. The molecule has 2 N–H and O–H groups in total. The molecule has 0 saturated heterocycles. The van der Waals surface area contributed by atoms with E-state index in [1.54, 1.807) is 40.5 Å². The van der Waals surface area contributed by atoms with Gasteiger partial charge in [-0.25, -0.2) is 4.39 Å². The second-order valence-corrected chi connectivity index (χ2v) is 6.75. The zero-order chi connectivity index (χ0) is 21.9. The van der Waals surface area contributed by atoms with E-state index in [2.05, 4.69) is 20.5 Å². The molecule has 0 heterocycles. The normalized spacial score (nSPS) is 11.0. The van der Waals surface area contributed by atoms with E-state index in [9.17, 15) is 4.39 Å². The largest absolute Gasteiger partial charge is 0.493 e. The van der Waals surface area contributed by atoms with Crippen LogP contribution in [0.25, 0.3) is 0 Å². The van der Waals surface area contributed by atoms with Crippen LogP contribution in [-0.4, -0.2) is 59.4 Å². The SMILES string of the molecule is CN=C(NCCN(C)Cc1ccc(F)cc1)NCc1cc(OC)c(OC)c(OC)c1.I. The predicted molar refractivity (Wildman–Crippen MR) is 132 cm³/mol. The number of hydrogen-bond donors (Lipinski definition) is 2. The monoisotopic (exact) mass is 546 g/mol. The summed E-state index contributed by atoms with van der Waals surface area (Å²) in [6.07, 6.45) is 0. The highest BCUT2D eigenvalue weighted by molar-refractivity contribution is 14.0. The average molecular weight is 546 g/mol. The smallest absolute Gasteiger partial charge is 0.203 e. The topological polar surface area (TPSA) is 67.4 Å². The van der Waals surface area contributed by atoms with Crippen LogP contribution < -0.4 is 24.8 Å². The molecule has 7 nitrogen and oxygen atoms in total. The first-order chi connectivity index (χ1) is 14.5. The molecular weight excluding hydrogens is 514 g/mol. The third kappa shape index (κ3) is 8.41. The van der Waals surface area contributed by atoms with Gasteiger partial charge in [-0.15, -0.1) is 24.0 Å². The molecule has 0 fully saturated rings. The van der Waals surface area contributed by atoms with Gasteiger partial charge in [-0.2, -0.15) is 0 Å². The van der Waals surface area contributed by atoms with Crippen LogP contribution in [-0.2, 0) is 13.1 Å². The first-order valence-corrected chi connectivity index (χ1v) is 9.67. The summed E-state index contributed by atoms with van der Waals surface area (Å²) in [7, 11) is 8.52. The number of nitrogens with zero attached hydrogens (tertiary/aromatic N) is 2. The Morgan fingerprint density at radius 3 is 2.10 bits per heavy atom. The predicted octanol–water partition coefficient (Wildman–Crippen LogP) is 3.27. The highest BCUT2D eigenvalue weighted by atomic mass is 127. The van der Waals surface area contributed by atoms with E-state index < -0.39 is 0 Å². The van der Waals surface area contributed by atoms with Crippen LogP contribution in [0.5, 0.6) is 17.2 Å². The molecule has 0 amide bonds. The van der Waals surface area contributed by atoms with E-state index in [1.165, 1.54) is 12.1 Å². The van der Waals surface area contributed by atoms with Crippen molar-refractivity contribution in [2.24, 2.45) is 4.99 Å². The Bertz CT molecular complexity index is 809. The summed E-state index contributed by atoms with van der Waals surface area (Å²) in [5.41, 5.74) is 2.05. The lowest BCUT2D eigenvalue weighted by atomic mass is 10.2. The van der Waals surface area contributed by atoms with Gasteiger partial charge in [0.1, 0.15) is 5.82 Å². The minimum atomic E-state index is -0.218. The molecule has 0 unspecified atom stereocenters. The van der Waals surface area contributed by atoms with E-state index in [-0.39, 0.29) is 29.8 Å². The van der Waals surface area contributed by atoms with Crippen LogP contribution in [0.1, 0.15) is 11.1 Å². The van der Waals surface area contributed by atoms with Gasteiger partial charge in [-0.05, 0) is 42.4 Å². The summed E-state index contributed by atoms with van der Waals surface area (Å²) in [6.45, 7) is 2.82. The third-order valence-electron chi connectivity index (χ3n) is 4.56. The number of ether oxygens (including phenoxy) is 3. The summed E-state index contributed by atoms with van der Waals surface area (Å²) >= 11 is 0. The molecule has 9 heteroatoms. The molecular formula is C22H32FIN4O3. The fraction of sp³-hybridized carbons (Fsp3) is 0.409. The number of benzene rings is 2. The number of methoxy groups -OCH3 is 3. The second-order valence-electron chi connectivity index (χ2n) is 6.75. The zero-order valence-corrected chi connectivity index (χ0v) is 21.0. The van der Waals surface area contributed by atoms with Gasteiger partial charge in [0.15, 0.2) is 17.5 Å². The van der Waals surface area contributed by atoms with Gasteiger partial charge in [0.05, 0.1) is 21.3 Å². The van der Waals surface area contributed by atoms with Gasteiger partial charge in [-0.3, -0.25) is 4.99 Å². The Morgan fingerprint density at radius 2 is 1.58 bits per heavy atom. The van der Waals surface area contributed by atoms with Crippen LogP contribution in [0.3, 0.4) is 0 Å². The Balaban J connectivity index is 0.00000480. The lowest BCUT2D eigenvalue weighted by molar-refractivity contribution is 0.323. The lowest BCUT2D eigenvalue weighted by Crippen LogP contribution is -2.40. The molecule has 0 aromatic heterocycles. The molecule has 172 valence electrons. The Kier molecular flexibility index (Phi) is 12.0. The zero-order valence-electron chi connectivity index (χ0n) is 18.7. The Morgan fingerprint density at radius 1 is 0.968 bits per heavy atom. The van der Waals surface area contributed by atoms with Crippen LogP contribution in [0.4, 0.5) is 4.39 Å². The number of rotatable bonds is 10. The van der Waals surface area contributed by atoms with Gasteiger partial charge < -0.3 is 29.7 Å². The van der Waals surface area contributed by atoms with E-state index in [0.717, 1.165) is 24.2 Å². The maximum absolute atomic E-state index is 13.0. The standard InChI is InChI=1S/C22H31FN4O3.HI/c1-24-22(25-10-11-27(2)15-16-6-8-18(23)9-7-16)26-14-17-12-19(28-3)21(30-5)20(13-17)29-4;/h6-9,12-13H,10-11,14-15H2,1-5H3,(H2,24,25,26);1H. The molecule has 0 atom stereocenters. The molecule has 0 saturated carbocycles. The van der Waals surface area contributed by atoms with Crippen molar-refractivity contribution in [1.82, 2.24) is 15.5 Å². The molecule has 2 aromatic rings. The van der Waals surface area contributed by atoms with Gasteiger partial charge in [0, 0.05) is 33.2 Å². The Labute approximate surface area is 201 Å². The highest BCUT2D eigenvalue weighted by Crippen LogP contribution is 2.38. The van der Waals surface area contributed by atoms with Crippen molar-refractivity contribution in [1.29, 1.82) is 0 Å². The van der Waals surface area contributed by atoms with Crippen molar-refractivity contribution >= 4 is 29.9 Å². The van der Waals surface area contributed by atoms with E-state index in [0.29, 0.717) is 36.3 Å². The second kappa shape index (κ2) is 13.9. The molecule has 2 rings (SSSR count). The highest BCUT2D eigenvalue weighted by Gasteiger charge is 2.13. The average Bonchev–Trinajstić information content (AvgIpc) is 2.76. The van der Waals surface area contributed by atoms with Crippen molar-refractivity contribution in [2.45, 2.75) is 13.1 Å². The fourth-order valence-electron chi connectivity index (χ4n) is 2.99. The van der Waals surface area contributed by atoms with E-state index in [1.807, 2.05) is 19.2 Å². The molecule has 0 aliphatic heterocycles. The molecule has 0 radical (unpaired) electrons. The number of aliphatic imine (C=N–C) groups is 1. The third-order valence-corrected chi connectivity index (χ3v) is 4.56. The van der Waals surface area contributed by atoms with E-state index >= 15 is 0 Å². The van der Waals surface area contributed by atoms with Crippen molar-refractivity contribution in [3.63, 3.8) is 0 Å². The first-order valence-electron chi connectivity index (χ1n) is 9.67. The Hall–Kier alpha value is -2.27. The summed E-state index contributed by atoms with van der Waals surface area (Å²) in [5.74, 6) is 2.26. The minimum absolute atomic E-state index is 0. The van der Waals surface area contributed by atoms with Gasteiger partial charge >= 0.3 is 0 Å². The maximum Gasteiger partial charge on any atom is 0.203 e. The summed E-state index contributed by atoms with van der Waals surface area (Å²) < 4.78 is 29.2. The van der Waals surface area contributed by atoms with Crippen molar-refractivity contribution in [2.75, 3.05) is 48.5 Å². The molecule has 0 aliphatic carbocycles. The molecule has 0 spiro atoms. The number of hydrogen-bond acceptors (Lipinski definition) is 5. The maximum atomic E-state index is 13.0. The van der Waals surface area contributed by atoms with Crippen LogP contribution in [0.15, 0.2) is 41.4 Å². The summed E-state index contributed by atoms with van der Waals surface area (Å²) in [5, 5.41) is 6.58. The van der Waals surface area contributed by atoms with Crippen molar-refractivity contribution in [3.05, 3.63) is 53.3 Å². The van der Waals surface area contributed by atoms with Crippen molar-refractivity contribution in [3.8, 4) is 17.2 Å². The summed E-state index contributed by atoms with van der Waals surface area (Å²) in [4.78, 5) is 6.42. The molecule has 0 bridgehead atoms. The number of likely N-dealkylation sites (N-methyl/N-ethyl adjacent to an activating group) is 1. The molecule has 2 aromatic carbocycles. The van der Waals surface area contributed by atoms with Crippen LogP contribution >= 0.6 is 24.0 Å². The van der Waals surface area contributed by atoms with Crippen LogP contribution in [0, 0.1) is 5.82 Å². The first kappa shape index (κ1) is 26.8. The minimum Gasteiger partial charge on any atom is -0.493 e. The van der Waals surface area contributed by atoms with Gasteiger partial charge in [0.2, 0.25) is 5.75 Å². The number of halogens is 2. The molecule has 31 heavy (non-hydrogen) atoms. The molecule has 0 aliphatic rings. The van der Waals surface area contributed by atoms with Crippen LogP contribution in [0.2, 0.25) is 0 Å². The number of guanidine groups is 1. The number of nitrogens with one attached hydrogen (secondary N) is 2.